The van der Waals surface area contributed by atoms with Crippen LogP contribution in [-0.2, 0) is 9.53 Å². The number of amides is 2. The van der Waals surface area contributed by atoms with Gasteiger partial charge in [0.2, 0.25) is 0 Å². The zero-order valence-electron chi connectivity index (χ0n) is 18.8. The van der Waals surface area contributed by atoms with Crippen LogP contribution in [0.15, 0.2) is 102 Å². The lowest BCUT2D eigenvalue weighted by Crippen LogP contribution is -2.16. The molecule has 0 aromatic heterocycles. The van der Waals surface area contributed by atoms with E-state index in [1.54, 1.807) is 85.0 Å². The Bertz CT molecular complexity index is 1470. The fourth-order valence-electron chi connectivity index (χ4n) is 3.35. The molecule has 2 N–H and O–H groups in total. The van der Waals surface area contributed by atoms with Crippen LogP contribution in [-0.4, -0.2) is 24.9 Å². The molecular formula is C29H20N2O4. The SMILES string of the molecule is COC(=O)c1ccccc1C#Cc1c(NC(=O)C2=C=CC=C2)cccc1NC(=O)c1ccccc1. The van der Waals surface area contributed by atoms with Crippen LogP contribution in [0.1, 0.15) is 31.8 Å². The van der Waals surface area contributed by atoms with Crippen molar-refractivity contribution in [2.75, 3.05) is 17.7 Å². The van der Waals surface area contributed by atoms with E-state index in [9.17, 15) is 14.4 Å². The largest absolute Gasteiger partial charge is 0.465 e. The second-order valence-corrected chi connectivity index (χ2v) is 7.37. The van der Waals surface area contributed by atoms with E-state index in [-0.39, 0.29) is 11.8 Å². The monoisotopic (exact) mass is 460 g/mol. The summed E-state index contributed by atoms with van der Waals surface area (Å²) in [5.41, 5.74) is 5.66. The molecule has 0 heterocycles. The van der Waals surface area contributed by atoms with Crippen LogP contribution < -0.4 is 10.6 Å². The quantitative estimate of drug-likeness (QED) is 0.328. The third kappa shape index (κ3) is 5.45. The van der Waals surface area contributed by atoms with Gasteiger partial charge in [-0.2, -0.15) is 0 Å². The van der Waals surface area contributed by atoms with Crippen molar-refractivity contribution in [3.05, 3.63) is 125 Å². The minimum atomic E-state index is -0.513. The molecule has 0 bridgehead atoms. The van der Waals surface area contributed by atoms with Crippen LogP contribution in [0.4, 0.5) is 11.4 Å². The number of rotatable bonds is 5. The summed E-state index contributed by atoms with van der Waals surface area (Å²) >= 11 is 0. The summed E-state index contributed by atoms with van der Waals surface area (Å²) in [7, 11) is 1.30. The number of hydrogen-bond donors (Lipinski definition) is 2. The van der Waals surface area contributed by atoms with Crippen molar-refractivity contribution in [3.8, 4) is 11.8 Å². The Morgan fingerprint density at radius 1 is 0.800 bits per heavy atom. The smallest absolute Gasteiger partial charge is 0.339 e. The molecule has 3 aromatic carbocycles. The molecule has 6 heteroatoms. The van der Waals surface area contributed by atoms with Gasteiger partial charge in [-0.25, -0.2) is 4.79 Å². The first-order valence-electron chi connectivity index (χ1n) is 10.7. The predicted octanol–water partition coefficient (Wildman–Crippen LogP) is 4.72. The number of hydrogen-bond acceptors (Lipinski definition) is 4. The molecule has 0 atom stereocenters. The third-order valence-electron chi connectivity index (χ3n) is 5.09. The zero-order valence-corrected chi connectivity index (χ0v) is 18.8. The average molecular weight is 460 g/mol. The van der Waals surface area contributed by atoms with E-state index < -0.39 is 5.97 Å². The average Bonchev–Trinajstić information content (AvgIpc) is 3.44. The number of esters is 1. The molecular weight excluding hydrogens is 440 g/mol. The lowest BCUT2D eigenvalue weighted by molar-refractivity contribution is -0.112. The number of allylic oxidation sites excluding steroid dienone is 1. The van der Waals surface area contributed by atoms with Crippen LogP contribution in [0.25, 0.3) is 0 Å². The second kappa shape index (κ2) is 10.7. The van der Waals surface area contributed by atoms with Gasteiger partial charge in [-0.15, -0.1) is 5.73 Å². The molecule has 0 fully saturated rings. The highest BCUT2D eigenvalue weighted by Crippen LogP contribution is 2.25. The Morgan fingerprint density at radius 3 is 2.17 bits per heavy atom. The first-order valence-corrected chi connectivity index (χ1v) is 10.7. The first kappa shape index (κ1) is 23.1. The predicted molar refractivity (Wildman–Crippen MR) is 134 cm³/mol. The van der Waals surface area contributed by atoms with E-state index >= 15 is 0 Å². The summed E-state index contributed by atoms with van der Waals surface area (Å²) in [6, 6.07) is 20.6. The van der Waals surface area contributed by atoms with Crippen LogP contribution >= 0.6 is 0 Å². The van der Waals surface area contributed by atoms with Crippen molar-refractivity contribution in [1.82, 2.24) is 0 Å². The van der Waals surface area contributed by atoms with Crippen LogP contribution in [0.3, 0.4) is 0 Å². The third-order valence-corrected chi connectivity index (χ3v) is 5.09. The minimum Gasteiger partial charge on any atom is -0.465 e. The number of carbonyl (C=O) groups excluding carboxylic acids is 3. The van der Waals surface area contributed by atoms with Crippen molar-refractivity contribution >= 4 is 29.2 Å². The van der Waals surface area contributed by atoms with E-state index in [2.05, 4.69) is 28.2 Å². The molecule has 0 spiro atoms. The molecule has 0 radical (unpaired) electrons. The highest BCUT2D eigenvalue weighted by atomic mass is 16.5. The summed E-state index contributed by atoms with van der Waals surface area (Å²) < 4.78 is 4.85. The van der Waals surface area contributed by atoms with E-state index in [4.69, 9.17) is 4.74 Å². The van der Waals surface area contributed by atoms with Gasteiger partial charge in [-0.05, 0) is 48.6 Å². The summed E-state index contributed by atoms with van der Waals surface area (Å²) in [6.07, 6.45) is 5.01. The number of ether oxygens (including phenoxy) is 1. The Morgan fingerprint density at radius 2 is 1.49 bits per heavy atom. The lowest BCUT2D eigenvalue weighted by Gasteiger charge is -2.13. The molecule has 1 aliphatic carbocycles. The minimum absolute atomic E-state index is 0.310. The number of methoxy groups -OCH3 is 1. The van der Waals surface area contributed by atoms with Crippen molar-refractivity contribution < 1.29 is 19.1 Å². The Kier molecular flexibility index (Phi) is 7.03. The van der Waals surface area contributed by atoms with Gasteiger partial charge in [0.05, 0.1) is 35.2 Å². The first-order chi connectivity index (χ1) is 17.1. The van der Waals surface area contributed by atoms with Crippen LogP contribution in [0.5, 0.6) is 0 Å². The maximum atomic E-state index is 12.8. The standard InChI is InChI=1S/C29H20N2O4/c1-35-29(34)23-15-8-7-10-20(23)18-19-24-25(30-27(32)21-11-3-2-4-12-21)16-9-17-26(24)31-28(33)22-13-5-6-14-22/h2-13,15-17H,1H3,(H,30,32)(H,31,33). The van der Waals surface area contributed by atoms with Crippen LogP contribution in [0, 0.1) is 11.8 Å². The molecule has 0 saturated carbocycles. The van der Waals surface area contributed by atoms with Crippen molar-refractivity contribution in [2.24, 2.45) is 0 Å². The Hall–Kier alpha value is -5.11. The van der Waals surface area contributed by atoms with E-state index in [1.165, 1.54) is 7.11 Å². The van der Waals surface area contributed by atoms with E-state index in [1.807, 2.05) is 6.07 Å². The molecule has 0 aliphatic heterocycles. The number of carbonyl (C=O) groups is 3. The van der Waals surface area contributed by atoms with Crippen molar-refractivity contribution in [2.45, 2.75) is 0 Å². The van der Waals surface area contributed by atoms with Gasteiger partial charge in [-0.1, -0.05) is 54.3 Å². The molecule has 1 aliphatic rings. The maximum Gasteiger partial charge on any atom is 0.339 e. The van der Waals surface area contributed by atoms with Gasteiger partial charge in [0.25, 0.3) is 11.8 Å². The van der Waals surface area contributed by atoms with Crippen molar-refractivity contribution in [1.29, 1.82) is 0 Å². The lowest BCUT2D eigenvalue weighted by atomic mass is 10.1. The topological polar surface area (TPSA) is 84.5 Å². The summed E-state index contributed by atoms with van der Waals surface area (Å²) in [5, 5.41) is 5.70. The summed E-state index contributed by atoms with van der Waals surface area (Å²) in [5.74, 6) is 4.82. The number of anilines is 2. The van der Waals surface area contributed by atoms with Gasteiger partial charge in [0, 0.05) is 11.1 Å². The highest BCUT2D eigenvalue weighted by molar-refractivity contribution is 6.09. The van der Waals surface area contributed by atoms with E-state index in [0.717, 1.165) is 0 Å². The molecule has 4 rings (SSSR count). The van der Waals surface area contributed by atoms with Crippen molar-refractivity contribution in [3.63, 3.8) is 0 Å². The molecule has 2 amide bonds. The van der Waals surface area contributed by atoms with Gasteiger partial charge in [0.1, 0.15) is 0 Å². The Balaban J connectivity index is 1.76. The van der Waals surface area contributed by atoms with Gasteiger partial charge in [-0.3, -0.25) is 9.59 Å². The maximum absolute atomic E-state index is 12.8. The van der Waals surface area contributed by atoms with E-state index in [0.29, 0.717) is 39.2 Å². The molecule has 0 unspecified atom stereocenters. The molecule has 170 valence electrons. The number of nitrogens with one attached hydrogen (secondary N) is 2. The fraction of sp³-hybridized carbons (Fsp3) is 0.0345. The highest BCUT2D eigenvalue weighted by Gasteiger charge is 2.15. The van der Waals surface area contributed by atoms with Crippen LogP contribution in [0.2, 0.25) is 0 Å². The van der Waals surface area contributed by atoms with Gasteiger partial charge < -0.3 is 15.4 Å². The molecule has 35 heavy (non-hydrogen) atoms. The van der Waals surface area contributed by atoms with Gasteiger partial charge in [0.15, 0.2) is 0 Å². The fourth-order valence-corrected chi connectivity index (χ4v) is 3.35. The summed E-state index contributed by atoms with van der Waals surface area (Å²) in [6.45, 7) is 0. The number of benzene rings is 3. The summed E-state index contributed by atoms with van der Waals surface area (Å²) in [4.78, 5) is 37.7. The molecule has 3 aromatic rings. The second-order valence-electron chi connectivity index (χ2n) is 7.37. The van der Waals surface area contributed by atoms with Gasteiger partial charge >= 0.3 is 5.97 Å². The zero-order chi connectivity index (χ0) is 24.6. The Labute approximate surface area is 202 Å². The molecule has 0 saturated heterocycles. The normalized spacial score (nSPS) is 11.2. The molecule has 6 nitrogen and oxygen atoms in total.